The summed E-state index contributed by atoms with van der Waals surface area (Å²) in [6.45, 7) is 6.16. The van der Waals surface area contributed by atoms with Crippen LogP contribution in [-0.4, -0.2) is 0 Å². The van der Waals surface area contributed by atoms with Gasteiger partial charge in [-0.2, -0.15) is 0 Å². The van der Waals surface area contributed by atoms with Gasteiger partial charge in [-0.05, 0) is 64.6 Å². The molecule has 0 unspecified atom stereocenters. The van der Waals surface area contributed by atoms with Crippen molar-refractivity contribution in [2.24, 2.45) is 0 Å². The van der Waals surface area contributed by atoms with Crippen molar-refractivity contribution in [3.63, 3.8) is 0 Å². The third-order valence-corrected chi connectivity index (χ3v) is 5.43. The third kappa shape index (κ3) is 4.79. The van der Waals surface area contributed by atoms with E-state index in [0.717, 1.165) is 22.5 Å². The molecule has 0 spiro atoms. The molecule has 0 radical (unpaired) electrons. The Morgan fingerprint density at radius 2 is 1.06 bits per heavy atom. The van der Waals surface area contributed by atoms with Crippen LogP contribution in [0.15, 0.2) is 140 Å². The topological polar surface area (TPSA) is 12.0 Å². The number of hydrogen-bond acceptors (Lipinski definition) is 1. The quantitative estimate of drug-likeness (QED) is 0.236. The molecule has 1 N–H and O–H groups in total. The first kappa shape index (κ1) is 21.1. The number of allylic oxidation sites excluding steroid dienone is 4. The van der Waals surface area contributed by atoms with Gasteiger partial charge in [0.15, 0.2) is 0 Å². The van der Waals surface area contributed by atoms with Crippen LogP contribution in [0.3, 0.4) is 0 Å². The Bertz CT molecular complexity index is 1220. The number of benzene rings is 4. The average Bonchev–Trinajstić information content (AvgIpc) is 2.87. The fourth-order valence-electron chi connectivity index (χ4n) is 3.89. The first-order valence-electron chi connectivity index (χ1n) is 10.9. The maximum absolute atomic E-state index is 4.10. The van der Waals surface area contributed by atoms with Crippen molar-refractivity contribution in [1.82, 2.24) is 0 Å². The zero-order valence-electron chi connectivity index (χ0n) is 18.3. The Morgan fingerprint density at radius 1 is 0.594 bits per heavy atom. The number of anilines is 2. The lowest BCUT2D eigenvalue weighted by atomic mass is 9.85. The Balaban J connectivity index is 1.88. The molecule has 0 aromatic heterocycles. The molecule has 1 heteroatoms. The second-order valence-corrected chi connectivity index (χ2v) is 7.50. The van der Waals surface area contributed by atoms with Crippen LogP contribution in [0.5, 0.6) is 0 Å². The molecule has 0 aliphatic heterocycles. The third-order valence-electron chi connectivity index (χ3n) is 5.43. The molecule has 32 heavy (non-hydrogen) atoms. The van der Waals surface area contributed by atoms with E-state index >= 15 is 0 Å². The number of rotatable bonds is 7. The molecule has 4 aromatic rings. The smallest absolute Gasteiger partial charge is 0.0384 e. The highest BCUT2D eigenvalue weighted by molar-refractivity contribution is 6.05. The molecule has 0 saturated carbocycles. The van der Waals surface area contributed by atoms with Gasteiger partial charge < -0.3 is 5.32 Å². The molecule has 0 aliphatic carbocycles. The molecule has 4 rings (SSSR count). The van der Waals surface area contributed by atoms with E-state index in [0.29, 0.717) is 0 Å². The Labute approximate surface area is 191 Å². The Hall–Kier alpha value is -4.10. The maximum atomic E-state index is 4.10. The highest BCUT2D eigenvalue weighted by Gasteiger charge is 2.16. The molecule has 0 saturated heterocycles. The SMILES string of the molecule is C=CC(=CC)C(=C(c1ccccc1)c1ccc(Nc2ccccc2)cc1)c1ccccc1. The van der Waals surface area contributed by atoms with Crippen LogP contribution in [0.2, 0.25) is 0 Å². The van der Waals surface area contributed by atoms with Gasteiger partial charge in [-0.1, -0.05) is 110 Å². The summed E-state index contributed by atoms with van der Waals surface area (Å²) >= 11 is 0. The molecule has 156 valence electrons. The van der Waals surface area contributed by atoms with Crippen molar-refractivity contribution >= 4 is 22.5 Å². The fourth-order valence-corrected chi connectivity index (χ4v) is 3.89. The monoisotopic (exact) mass is 413 g/mol. The Morgan fingerprint density at radius 3 is 1.59 bits per heavy atom. The van der Waals surface area contributed by atoms with Gasteiger partial charge >= 0.3 is 0 Å². The van der Waals surface area contributed by atoms with Gasteiger partial charge in [0.05, 0.1) is 0 Å². The van der Waals surface area contributed by atoms with E-state index in [9.17, 15) is 0 Å². The zero-order chi connectivity index (χ0) is 22.2. The molecule has 4 aromatic carbocycles. The second-order valence-electron chi connectivity index (χ2n) is 7.50. The van der Waals surface area contributed by atoms with Crippen molar-refractivity contribution in [3.8, 4) is 0 Å². The van der Waals surface area contributed by atoms with Crippen molar-refractivity contribution in [3.05, 3.63) is 156 Å². The van der Waals surface area contributed by atoms with Crippen molar-refractivity contribution in [1.29, 1.82) is 0 Å². The molecule has 0 amide bonds. The molecule has 1 nitrogen and oxygen atoms in total. The van der Waals surface area contributed by atoms with E-state index < -0.39 is 0 Å². The molecule has 0 fully saturated rings. The summed E-state index contributed by atoms with van der Waals surface area (Å²) in [5.74, 6) is 0. The minimum atomic E-state index is 1.06. The van der Waals surface area contributed by atoms with Gasteiger partial charge in [-0.15, -0.1) is 0 Å². The average molecular weight is 414 g/mol. The van der Waals surface area contributed by atoms with Crippen LogP contribution in [-0.2, 0) is 0 Å². The van der Waals surface area contributed by atoms with E-state index in [1.165, 1.54) is 22.3 Å². The van der Waals surface area contributed by atoms with Crippen molar-refractivity contribution < 1.29 is 0 Å². The first-order chi connectivity index (χ1) is 15.8. The summed E-state index contributed by atoms with van der Waals surface area (Å²) in [4.78, 5) is 0. The van der Waals surface area contributed by atoms with Crippen LogP contribution in [0, 0.1) is 0 Å². The van der Waals surface area contributed by atoms with Gasteiger partial charge in [-0.3, -0.25) is 0 Å². The molecule has 0 atom stereocenters. The van der Waals surface area contributed by atoms with Gasteiger partial charge in [0, 0.05) is 11.4 Å². The lowest BCUT2D eigenvalue weighted by Gasteiger charge is -2.19. The van der Waals surface area contributed by atoms with Gasteiger partial charge in [-0.25, -0.2) is 0 Å². The highest BCUT2D eigenvalue weighted by atomic mass is 14.9. The predicted molar refractivity (Wildman–Crippen MR) is 139 cm³/mol. The van der Waals surface area contributed by atoms with Crippen LogP contribution < -0.4 is 5.32 Å². The zero-order valence-corrected chi connectivity index (χ0v) is 18.3. The Kier molecular flexibility index (Phi) is 6.79. The van der Waals surface area contributed by atoms with Gasteiger partial charge in [0.25, 0.3) is 0 Å². The van der Waals surface area contributed by atoms with E-state index in [2.05, 4.69) is 122 Å². The van der Waals surface area contributed by atoms with Crippen LogP contribution in [0.1, 0.15) is 23.6 Å². The van der Waals surface area contributed by atoms with E-state index in [4.69, 9.17) is 0 Å². The standard InChI is InChI=1S/C31H27N/c1-3-24(4-2)30(25-14-8-5-9-15-25)31(26-16-10-6-11-17-26)27-20-22-29(23-21-27)32-28-18-12-7-13-19-28/h3-23,32H,1H2,2H3. The van der Waals surface area contributed by atoms with Gasteiger partial charge in [0.1, 0.15) is 0 Å². The van der Waals surface area contributed by atoms with E-state index in [1.807, 2.05) is 24.3 Å². The molecule has 0 bridgehead atoms. The minimum Gasteiger partial charge on any atom is -0.356 e. The van der Waals surface area contributed by atoms with Crippen LogP contribution in [0.25, 0.3) is 11.1 Å². The lowest BCUT2D eigenvalue weighted by molar-refractivity contribution is 1.49. The summed E-state index contributed by atoms with van der Waals surface area (Å²) in [7, 11) is 0. The summed E-state index contributed by atoms with van der Waals surface area (Å²) in [5.41, 5.74) is 9.13. The van der Waals surface area contributed by atoms with Gasteiger partial charge in [0.2, 0.25) is 0 Å². The fraction of sp³-hybridized carbons (Fsp3) is 0.0323. The van der Waals surface area contributed by atoms with Crippen LogP contribution in [0.4, 0.5) is 11.4 Å². The van der Waals surface area contributed by atoms with Crippen LogP contribution >= 0.6 is 0 Å². The first-order valence-corrected chi connectivity index (χ1v) is 10.9. The van der Waals surface area contributed by atoms with Crippen molar-refractivity contribution in [2.45, 2.75) is 6.92 Å². The van der Waals surface area contributed by atoms with Crippen molar-refractivity contribution in [2.75, 3.05) is 5.32 Å². The summed E-state index contributed by atoms with van der Waals surface area (Å²) in [5, 5.41) is 3.47. The molecular weight excluding hydrogens is 386 g/mol. The van der Waals surface area contributed by atoms with E-state index in [-0.39, 0.29) is 0 Å². The second kappa shape index (κ2) is 10.3. The number of para-hydroxylation sites is 1. The van der Waals surface area contributed by atoms with E-state index in [1.54, 1.807) is 0 Å². The summed E-state index contributed by atoms with van der Waals surface area (Å²) in [6.07, 6.45) is 4.07. The highest BCUT2D eigenvalue weighted by Crippen LogP contribution is 2.37. The minimum absolute atomic E-state index is 1.06. The predicted octanol–water partition coefficient (Wildman–Crippen LogP) is 8.52. The normalized spacial score (nSPS) is 12.1. The molecular formula is C31H27N. The summed E-state index contributed by atoms with van der Waals surface area (Å²) < 4.78 is 0. The largest absolute Gasteiger partial charge is 0.356 e. The maximum Gasteiger partial charge on any atom is 0.0384 e. The molecule has 0 heterocycles. The summed E-state index contributed by atoms with van der Waals surface area (Å²) in [6, 6.07) is 40.0. The molecule has 0 aliphatic rings. The number of hydrogen-bond donors (Lipinski definition) is 1. The number of nitrogens with one attached hydrogen (secondary N) is 1. The lowest BCUT2D eigenvalue weighted by Crippen LogP contribution is -1.98.